The van der Waals surface area contributed by atoms with E-state index in [0.29, 0.717) is 12.3 Å². The minimum absolute atomic E-state index is 0. The molecule has 0 saturated carbocycles. The first kappa shape index (κ1) is 15.6. The Labute approximate surface area is 130 Å². The highest BCUT2D eigenvalue weighted by molar-refractivity contribution is 5.92. The molecule has 5 heteroatoms. The van der Waals surface area contributed by atoms with Crippen LogP contribution in [0.3, 0.4) is 0 Å². The Morgan fingerprint density at radius 2 is 2.19 bits per heavy atom. The van der Waals surface area contributed by atoms with E-state index in [-0.39, 0.29) is 24.4 Å². The Bertz CT molecular complexity index is 624. The lowest BCUT2D eigenvalue weighted by molar-refractivity contribution is 0.0920. The maximum Gasteiger partial charge on any atom is 0.287 e. The zero-order valence-corrected chi connectivity index (χ0v) is 12.7. The average Bonchev–Trinajstić information content (AvgIpc) is 2.91. The van der Waals surface area contributed by atoms with Gasteiger partial charge in [0.2, 0.25) is 0 Å². The third kappa shape index (κ3) is 3.28. The van der Waals surface area contributed by atoms with Crippen molar-refractivity contribution in [2.45, 2.75) is 19.4 Å². The molecule has 3 rings (SSSR count). The molecule has 0 bridgehead atoms. The van der Waals surface area contributed by atoms with E-state index in [2.05, 4.69) is 28.8 Å². The number of carbonyl (C=O) groups is 1. The Morgan fingerprint density at radius 3 is 2.95 bits per heavy atom. The van der Waals surface area contributed by atoms with Gasteiger partial charge in [0.1, 0.15) is 0 Å². The van der Waals surface area contributed by atoms with Gasteiger partial charge in [-0.05, 0) is 37.1 Å². The number of aryl methyl sites for hydroxylation is 1. The zero-order valence-electron chi connectivity index (χ0n) is 11.9. The Hall–Kier alpha value is -1.78. The maximum atomic E-state index is 12.0. The monoisotopic (exact) mass is 306 g/mol. The van der Waals surface area contributed by atoms with Crippen LogP contribution in [0.1, 0.15) is 33.3 Å². The predicted octanol–water partition coefficient (Wildman–Crippen LogP) is 2.63. The molecule has 4 nitrogen and oxygen atoms in total. The minimum atomic E-state index is -0.155. The molecule has 0 aliphatic carbocycles. The van der Waals surface area contributed by atoms with Crippen molar-refractivity contribution >= 4 is 18.3 Å². The normalized spacial score (nSPS) is 16.7. The molecule has 2 aromatic rings. The zero-order chi connectivity index (χ0) is 13.9. The Kier molecular flexibility index (Phi) is 5.04. The summed E-state index contributed by atoms with van der Waals surface area (Å²) in [6.07, 6.45) is 2.58. The molecule has 1 aromatic heterocycles. The molecule has 1 amide bonds. The van der Waals surface area contributed by atoms with Gasteiger partial charge < -0.3 is 15.1 Å². The van der Waals surface area contributed by atoms with Crippen LogP contribution in [0.25, 0.3) is 0 Å². The van der Waals surface area contributed by atoms with Crippen molar-refractivity contribution in [2.24, 2.45) is 0 Å². The molecular formula is C16H19ClN2O2. The highest BCUT2D eigenvalue weighted by Crippen LogP contribution is 2.22. The molecule has 0 spiro atoms. The average molecular weight is 307 g/mol. The molecular weight excluding hydrogens is 288 g/mol. The van der Waals surface area contributed by atoms with Crippen LogP contribution in [0.5, 0.6) is 0 Å². The van der Waals surface area contributed by atoms with Gasteiger partial charge >= 0.3 is 0 Å². The van der Waals surface area contributed by atoms with Crippen LogP contribution in [0.2, 0.25) is 0 Å². The van der Waals surface area contributed by atoms with Crippen molar-refractivity contribution in [1.82, 2.24) is 10.6 Å². The van der Waals surface area contributed by atoms with Crippen molar-refractivity contribution < 1.29 is 9.21 Å². The molecule has 2 heterocycles. The fourth-order valence-corrected chi connectivity index (χ4v) is 2.66. The molecule has 0 saturated heterocycles. The molecule has 1 aliphatic rings. The number of hydrogen-bond acceptors (Lipinski definition) is 3. The molecule has 0 radical (unpaired) electrons. The van der Waals surface area contributed by atoms with E-state index in [0.717, 1.165) is 18.5 Å². The molecule has 0 fully saturated rings. The lowest BCUT2D eigenvalue weighted by atomic mass is 9.94. The number of fused-ring (bicyclic) bond motifs is 1. The first-order chi connectivity index (χ1) is 9.75. The van der Waals surface area contributed by atoms with E-state index >= 15 is 0 Å². The molecule has 1 unspecified atom stereocenters. The van der Waals surface area contributed by atoms with Crippen LogP contribution in [0, 0.1) is 6.92 Å². The topological polar surface area (TPSA) is 54.3 Å². The van der Waals surface area contributed by atoms with Gasteiger partial charge in [-0.25, -0.2) is 0 Å². The molecule has 1 aromatic carbocycles. The third-order valence-electron chi connectivity index (χ3n) is 3.75. The quantitative estimate of drug-likeness (QED) is 0.916. The summed E-state index contributed by atoms with van der Waals surface area (Å²) in [6.45, 7) is 3.37. The first-order valence-corrected chi connectivity index (χ1v) is 6.89. The molecule has 1 atom stereocenters. The van der Waals surface area contributed by atoms with E-state index in [9.17, 15) is 4.79 Å². The number of rotatable bonds is 3. The van der Waals surface area contributed by atoms with Crippen LogP contribution < -0.4 is 10.6 Å². The van der Waals surface area contributed by atoms with Gasteiger partial charge in [0.15, 0.2) is 5.76 Å². The van der Waals surface area contributed by atoms with Gasteiger partial charge in [-0.2, -0.15) is 0 Å². The summed E-state index contributed by atoms with van der Waals surface area (Å²) in [5.41, 5.74) is 3.49. The standard InChI is InChI=1S/C16H18N2O2.ClH/c1-11-7-9-20-15(11)16(19)18-10-14-13-5-3-2-4-12(13)6-8-17-14;/h2-5,7,9,14,17H,6,8,10H2,1H3,(H,18,19);1H. The largest absolute Gasteiger partial charge is 0.459 e. The smallest absolute Gasteiger partial charge is 0.287 e. The highest BCUT2D eigenvalue weighted by atomic mass is 35.5. The van der Waals surface area contributed by atoms with Gasteiger partial charge in [0.25, 0.3) is 5.91 Å². The van der Waals surface area contributed by atoms with Gasteiger partial charge in [0.05, 0.1) is 6.26 Å². The van der Waals surface area contributed by atoms with E-state index in [1.54, 1.807) is 12.3 Å². The van der Waals surface area contributed by atoms with Crippen LogP contribution in [0.4, 0.5) is 0 Å². The van der Waals surface area contributed by atoms with Crippen molar-refractivity contribution in [1.29, 1.82) is 0 Å². The van der Waals surface area contributed by atoms with Crippen molar-refractivity contribution in [3.8, 4) is 0 Å². The minimum Gasteiger partial charge on any atom is -0.459 e. The van der Waals surface area contributed by atoms with E-state index < -0.39 is 0 Å². The number of hydrogen-bond donors (Lipinski definition) is 2. The maximum absolute atomic E-state index is 12.0. The van der Waals surface area contributed by atoms with Gasteiger partial charge in [0, 0.05) is 18.2 Å². The second-order valence-corrected chi connectivity index (χ2v) is 5.10. The molecule has 21 heavy (non-hydrogen) atoms. The number of amides is 1. The number of benzene rings is 1. The fourth-order valence-electron chi connectivity index (χ4n) is 2.66. The fraction of sp³-hybridized carbons (Fsp3) is 0.312. The van der Waals surface area contributed by atoms with Crippen molar-refractivity contribution in [2.75, 3.05) is 13.1 Å². The Morgan fingerprint density at radius 1 is 1.38 bits per heavy atom. The van der Waals surface area contributed by atoms with Crippen LogP contribution in [-0.2, 0) is 6.42 Å². The molecule has 1 aliphatic heterocycles. The lowest BCUT2D eigenvalue weighted by Gasteiger charge is -2.27. The van der Waals surface area contributed by atoms with Gasteiger partial charge in [-0.1, -0.05) is 24.3 Å². The van der Waals surface area contributed by atoms with Crippen LogP contribution in [-0.4, -0.2) is 19.0 Å². The van der Waals surface area contributed by atoms with Crippen LogP contribution >= 0.6 is 12.4 Å². The number of furan rings is 1. The number of nitrogens with one attached hydrogen (secondary N) is 2. The second kappa shape index (κ2) is 6.78. The van der Waals surface area contributed by atoms with E-state index in [1.165, 1.54) is 11.1 Å². The molecule has 112 valence electrons. The van der Waals surface area contributed by atoms with Crippen molar-refractivity contribution in [3.63, 3.8) is 0 Å². The SMILES string of the molecule is Cc1ccoc1C(=O)NCC1NCCc2ccccc21.Cl. The summed E-state index contributed by atoms with van der Waals surface area (Å²) in [7, 11) is 0. The van der Waals surface area contributed by atoms with Gasteiger partial charge in [-0.3, -0.25) is 4.79 Å². The predicted molar refractivity (Wildman–Crippen MR) is 83.9 cm³/mol. The summed E-state index contributed by atoms with van der Waals surface area (Å²) in [5, 5.41) is 6.39. The summed E-state index contributed by atoms with van der Waals surface area (Å²) in [5.74, 6) is 0.242. The number of halogens is 1. The number of carbonyl (C=O) groups excluding carboxylic acids is 1. The third-order valence-corrected chi connectivity index (χ3v) is 3.75. The van der Waals surface area contributed by atoms with E-state index in [4.69, 9.17) is 4.42 Å². The van der Waals surface area contributed by atoms with Crippen LogP contribution in [0.15, 0.2) is 41.0 Å². The summed E-state index contributed by atoms with van der Waals surface area (Å²) < 4.78 is 5.20. The van der Waals surface area contributed by atoms with Gasteiger partial charge in [-0.15, -0.1) is 12.4 Å². The van der Waals surface area contributed by atoms with Crippen molar-refractivity contribution in [3.05, 3.63) is 59.0 Å². The highest BCUT2D eigenvalue weighted by Gasteiger charge is 2.20. The Balaban J connectivity index is 0.00000161. The second-order valence-electron chi connectivity index (χ2n) is 5.10. The lowest BCUT2D eigenvalue weighted by Crippen LogP contribution is -2.38. The summed E-state index contributed by atoms with van der Waals surface area (Å²) in [6, 6.07) is 10.3. The molecule has 2 N–H and O–H groups in total. The summed E-state index contributed by atoms with van der Waals surface area (Å²) >= 11 is 0. The van der Waals surface area contributed by atoms with E-state index in [1.807, 2.05) is 13.0 Å². The first-order valence-electron chi connectivity index (χ1n) is 6.89. The summed E-state index contributed by atoms with van der Waals surface area (Å²) in [4.78, 5) is 12.0.